The van der Waals surface area contributed by atoms with Gasteiger partial charge in [0.25, 0.3) is 11.8 Å². The Hall–Kier alpha value is -4.70. The number of hydrogen-bond acceptors (Lipinski definition) is 8. The van der Waals surface area contributed by atoms with Crippen molar-refractivity contribution in [3.63, 3.8) is 0 Å². The summed E-state index contributed by atoms with van der Waals surface area (Å²) in [5, 5.41) is 22.4. The average molecular weight is 434 g/mol. The van der Waals surface area contributed by atoms with Gasteiger partial charge in [-0.25, -0.2) is 9.59 Å². The smallest absolute Gasteiger partial charge is 0.338 e. The number of rotatable bonds is 9. The maximum absolute atomic E-state index is 11.8. The van der Waals surface area contributed by atoms with Gasteiger partial charge < -0.3 is 20.1 Å². The second kappa shape index (κ2) is 12.1. The van der Waals surface area contributed by atoms with Crippen LogP contribution in [0.15, 0.2) is 48.5 Å². The van der Waals surface area contributed by atoms with Gasteiger partial charge in [-0.1, -0.05) is 0 Å². The molecule has 162 valence electrons. The lowest BCUT2D eigenvalue weighted by Gasteiger charge is -2.08. The molecule has 0 spiro atoms. The molecule has 2 N–H and O–H groups in total. The SMILES string of the molecule is N#Cc1ccc(C(=O)OCC(=O)NCCNC(=O)COC(=O)c2ccc(C#N)cc2)cc1. The fraction of sp³-hybridized carbons (Fsp3) is 0.182. The van der Waals surface area contributed by atoms with E-state index in [9.17, 15) is 19.2 Å². The number of nitrogens with zero attached hydrogens (tertiary/aromatic N) is 2. The van der Waals surface area contributed by atoms with Gasteiger partial charge in [0.05, 0.1) is 34.4 Å². The molecule has 0 heterocycles. The van der Waals surface area contributed by atoms with Crippen LogP contribution >= 0.6 is 0 Å². The number of carbonyl (C=O) groups is 4. The van der Waals surface area contributed by atoms with Gasteiger partial charge in [0, 0.05) is 13.1 Å². The molecule has 0 atom stereocenters. The monoisotopic (exact) mass is 434 g/mol. The first kappa shape index (κ1) is 23.6. The molecular weight excluding hydrogens is 416 g/mol. The van der Waals surface area contributed by atoms with Gasteiger partial charge in [0.2, 0.25) is 0 Å². The van der Waals surface area contributed by atoms with Crippen LogP contribution in [0.5, 0.6) is 0 Å². The van der Waals surface area contributed by atoms with E-state index in [4.69, 9.17) is 20.0 Å². The third-order valence-corrected chi connectivity index (χ3v) is 3.94. The van der Waals surface area contributed by atoms with Crippen LogP contribution in [0, 0.1) is 22.7 Å². The topological polar surface area (TPSA) is 158 Å². The molecule has 0 aliphatic rings. The highest BCUT2D eigenvalue weighted by atomic mass is 16.5. The molecule has 0 aliphatic heterocycles. The van der Waals surface area contributed by atoms with Gasteiger partial charge in [-0.05, 0) is 48.5 Å². The number of esters is 2. The molecule has 0 saturated heterocycles. The number of carbonyl (C=O) groups excluding carboxylic acids is 4. The number of ether oxygens (including phenoxy) is 2. The lowest BCUT2D eigenvalue weighted by atomic mass is 10.1. The summed E-state index contributed by atoms with van der Waals surface area (Å²) in [6.45, 7) is -0.866. The van der Waals surface area contributed by atoms with Crippen LogP contribution < -0.4 is 10.6 Å². The van der Waals surface area contributed by atoms with E-state index in [1.54, 1.807) is 0 Å². The van der Waals surface area contributed by atoms with Crippen LogP contribution in [-0.4, -0.2) is 50.1 Å². The Labute approximate surface area is 183 Å². The average Bonchev–Trinajstić information content (AvgIpc) is 2.83. The van der Waals surface area contributed by atoms with E-state index in [2.05, 4.69) is 10.6 Å². The standard InChI is InChI=1S/C22H18N4O6/c23-11-15-1-5-17(6-2-15)21(29)31-13-19(27)25-9-10-26-20(28)14-32-22(30)18-7-3-16(12-24)4-8-18/h1-8H,9-10,13-14H2,(H,25,27)(H,26,28). The van der Waals surface area contributed by atoms with Crippen molar-refractivity contribution < 1.29 is 28.7 Å². The molecular formula is C22H18N4O6. The Morgan fingerprint density at radius 2 is 1.00 bits per heavy atom. The minimum absolute atomic E-state index is 0.0720. The molecule has 2 aromatic carbocycles. The summed E-state index contributed by atoms with van der Waals surface area (Å²) in [6, 6.07) is 15.4. The van der Waals surface area contributed by atoms with Gasteiger partial charge in [-0.3, -0.25) is 9.59 Å². The number of nitrogens with one attached hydrogen (secondary N) is 2. The van der Waals surface area contributed by atoms with E-state index < -0.39 is 37.0 Å². The zero-order chi connectivity index (χ0) is 23.3. The van der Waals surface area contributed by atoms with Crippen LogP contribution in [0.4, 0.5) is 0 Å². The maximum Gasteiger partial charge on any atom is 0.338 e. The summed E-state index contributed by atoms with van der Waals surface area (Å²) in [5.41, 5.74) is 1.20. The first-order valence-corrected chi connectivity index (χ1v) is 9.31. The Bertz CT molecular complexity index is 978. The Balaban J connectivity index is 1.59. The fourth-order valence-corrected chi connectivity index (χ4v) is 2.30. The molecule has 0 radical (unpaired) electrons. The Kier molecular flexibility index (Phi) is 8.92. The van der Waals surface area contributed by atoms with Crippen LogP contribution in [0.3, 0.4) is 0 Å². The molecule has 0 aliphatic carbocycles. The van der Waals surface area contributed by atoms with Crippen molar-refractivity contribution in [2.45, 2.75) is 0 Å². The summed E-state index contributed by atoms with van der Waals surface area (Å²) in [6.07, 6.45) is 0. The molecule has 0 bridgehead atoms. The number of hydrogen-bond donors (Lipinski definition) is 2. The first-order chi connectivity index (χ1) is 15.4. The van der Waals surface area contributed by atoms with Gasteiger partial charge in [0.1, 0.15) is 0 Å². The molecule has 10 heteroatoms. The number of nitriles is 2. The van der Waals surface area contributed by atoms with Crippen LogP contribution in [0.25, 0.3) is 0 Å². The minimum atomic E-state index is -0.706. The van der Waals surface area contributed by atoms with Gasteiger partial charge in [-0.2, -0.15) is 10.5 Å². The van der Waals surface area contributed by atoms with E-state index in [1.807, 2.05) is 12.1 Å². The molecule has 0 saturated carbocycles. The van der Waals surface area contributed by atoms with Crippen LogP contribution in [-0.2, 0) is 19.1 Å². The summed E-state index contributed by atoms with van der Waals surface area (Å²) in [4.78, 5) is 47.1. The lowest BCUT2D eigenvalue weighted by molar-refractivity contribution is -0.125. The quantitative estimate of drug-likeness (QED) is 0.430. The zero-order valence-electron chi connectivity index (χ0n) is 16.8. The predicted octanol–water partition coefficient (Wildman–Crippen LogP) is 0.676. The Morgan fingerprint density at radius 3 is 1.31 bits per heavy atom. The summed E-state index contributed by atoms with van der Waals surface area (Å²) in [5.74, 6) is -2.54. The first-order valence-electron chi connectivity index (χ1n) is 9.31. The highest BCUT2D eigenvalue weighted by Crippen LogP contribution is 2.06. The van der Waals surface area contributed by atoms with E-state index >= 15 is 0 Å². The van der Waals surface area contributed by atoms with Crippen molar-refractivity contribution in [3.8, 4) is 12.1 Å². The second-order valence-corrected chi connectivity index (χ2v) is 6.23. The van der Waals surface area contributed by atoms with E-state index in [0.29, 0.717) is 11.1 Å². The van der Waals surface area contributed by atoms with Crippen molar-refractivity contribution in [2.24, 2.45) is 0 Å². The molecule has 2 amide bonds. The normalized spacial score (nSPS) is 9.56. The van der Waals surface area contributed by atoms with Gasteiger partial charge in [-0.15, -0.1) is 0 Å². The van der Waals surface area contributed by atoms with E-state index in [-0.39, 0.29) is 24.2 Å². The molecule has 32 heavy (non-hydrogen) atoms. The van der Waals surface area contributed by atoms with E-state index in [1.165, 1.54) is 48.5 Å². The molecule has 0 fully saturated rings. The lowest BCUT2D eigenvalue weighted by Crippen LogP contribution is -2.38. The number of benzene rings is 2. The van der Waals surface area contributed by atoms with Crippen molar-refractivity contribution in [1.29, 1.82) is 10.5 Å². The van der Waals surface area contributed by atoms with Crippen molar-refractivity contribution in [1.82, 2.24) is 10.6 Å². The van der Waals surface area contributed by atoms with Crippen LogP contribution in [0.1, 0.15) is 31.8 Å². The summed E-state index contributed by atoms with van der Waals surface area (Å²) in [7, 11) is 0. The summed E-state index contributed by atoms with van der Waals surface area (Å²) < 4.78 is 9.73. The van der Waals surface area contributed by atoms with Crippen LogP contribution in [0.2, 0.25) is 0 Å². The zero-order valence-corrected chi connectivity index (χ0v) is 16.8. The second-order valence-electron chi connectivity index (χ2n) is 6.23. The number of amides is 2. The molecule has 2 aromatic rings. The minimum Gasteiger partial charge on any atom is -0.452 e. The van der Waals surface area contributed by atoms with Crippen molar-refractivity contribution in [2.75, 3.05) is 26.3 Å². The maximum atomic E-state index is 11.8. The van der Waals surface area contributed by atoms with Gasteiger partial charge >= 0.3 is 11.9 Å². The van der Waals surface area contributed by atoms with Crippen molar-refractivity contribution in [3.05, 3.63) is 70.8 Å². The fourth-order valence-electron chi connectivity index (χ4n) is 2.30. The third kappa shape index (κ3) is 7.61. The molecule has 10 nitrogen and oxygen atoms in total. The molecule has 0 aromatic heterocycles. The Morgan fingerprint density at radius 1 is 0.656 bits per heavy atom. The van der Waals surface area contributed by atoms with Gasteiger partial charge in [0.15, 0.2) is 13.2 Å². The van der Waals surface area contributed by atoms with E-state index in [0.717, 1.165) is 0 Å². The molecule has 2 rings (SSSR count). The van der Waals surface area contributed by atoms with Crippen molar-refractivity contribution >= 4 is 23.8 Å². The highest BCUT2D eigenvalue weighted by molar-refractivity contribution is 5.92. The summed E-state index contributed by atoms with van der Waals surface area (Å²) >= 11 is 0. The third-order valence-electron chi connectivity index (χ3n) is 3.94. The molecule has 0 unspecified atom stereocenters. The highest BCUT2D eigenvalue weighted by Gasteiger charge is 2.11. The predicted molar refractivity (Wildman–Crippen MR) is 109 cm³/mol. The largest absolute Gasteiger partial charge is 0.452 e.